The molecule has 19 heavy (non-hydrogen) atoms. The zero-order valence-corrected chi connectivity index (χ0v) is 12.7. The first kappa shape index (κ1) is 16.3. The van der Waals surface area contributed by atoms with Crippen molar-refractivity contribution in [3.8, 4) is 0 Å². The van der Waals surface area contributed by atoms with Crippen molar-refractivity contribution in [1.29, 1.82) is 0 Å². The number of esters is 1. The monoisotopic (exact) mass is 290 g/mol. The van der Waals surface area contributed by atoms with Crippen LogP contribution in [0.5, 0.6) is 0 Å². The van der Waals surface area contributed by atoms with E-state index in [1.54, 1.807) is 6.92 Å². The normalized spacial score (nSPS) is 25.1. The summed E-state index contributed by atoms with van der Waals surface area (Å²) in [6.45, 7) is 7.38. The Morgan fingerprint density at radius 2 is 2.05 bits per heavy atom. The summed E-state index contributed by atoms with van der Waals surface area (Å²) in [5.41, 5.74) is -1.24. The first-order chi connectivity index (χ1) is 8.80. The molecule has 1 aliphatic rings. The van der Waals surface area contributed by atoms with Crippen molar-refractivity contribution in [3.63, 3.8) is 0 Å². The highest BCUT2D eigenvalue weighted by Gasteiger charge is 2.40. The van der Waals surface area contributed by atoms with Crippen molar-refractivity contribution >= 4 is 22.6 Å². The minimum absolute atomic E-state index is 0.0978. The lowest BCUT2D eigenvalue weighted by Gasteiger charge is -2.21. The summed E-state index contributed by atoms with van der Waals surface area (Å²) < 4.78 is 22.4. The highest BCUT2D eigenvalue weighted by molar-refractivity contribution is 7.86. The lowest BCUT2D eigenvalue weighted by Crippen LogP contribution is -2.40. The number of ketones is 1. The maximum atomic E-state index is 12.2. The second-order valence-electron chi connectivity index (χ2n) is 5.20. The third-order valence-corrected chi connectivity index (χ3v) is 5.24. The van der Waals surface area contributed by atoms with Gasteiger partial charge in [-0.05, 0) is 34.1 Å². The molecule has 0 aromatic carbocycles. The topological polar surface area (TPSA) is 69.7 Å². The van der Waals surface area contributed by atoms with Gasteiger partial charge < -0.3 is 9.47 Å². The van der Waals surface area contributed by atoms with E-state index in [0.717, 1.165) is 0 Å². The largest absolute Gasteiger partial charge is 0.465 e. The van der Waals surface area contributed by atoms with Gasteiger partial charge in [0.2, 0.25) is 0 Å². The molecule has 0 N–H and O–H groups in total. The van der Waals surface area contributed by atoms with E-state index in [1.165, 1.54) is 13.8 Å². The van der Waals surface area contributed by atoms with Crippen molar-refractivity contribution in [2.24, 2.45) is 5.41 Å². The first-order valence-electron chi connectivity index (χ1n) is 6.50. The van der Waals surface area contributed by atoms with Gasteiger partial charge in [0, 0.05) is 17.4 Å². The molecular formula is C13H22O5S. The van der Waals surface area contributed by atoms with Crippen molar-refractivity contribution in [3.05, 3.63) is 0 Å². The first-order valence-corrected chi connectivity index (χ1v) is 7.88. The summed E-state index contributed by atoms with van der Waals surface area (Å²) in [5, 5.41) is -0.123. The molecule has 6 heteroatoms. The SMILES string of the molecule is CCOC(=O)C(C)(C)C(=O)CS(=O)C1CCOC1C. The number of ether oxygens (including phenoxy) is 2. The molecule has 5 nitrogen and oxygen atoms in total. The molecule has 1 saturated heterocycles. The van der Waals surface area contributed by atoms with E-state index in [0.29, 0.717) is 13.0 Å². The Morgan fingerprint density at radius 3 is 2.53 bits per heavy atom. The predicted octanol–water partition coefficient (Wildman–Crippen LogP) is 1.07. The van der Waals surface area contributed by atoms with Crippen LogP contribution in [0.15, 0.2) is 0 Å². The highest BCUT2D eigenvalue weighted by atomic mass is 32.2. The van der Waals surface area contributed by atoms with Crippen LogP contribution in [0.25, 0.3) is 0 Å². The van der Waals surface area contributed by atoms with Crippen LogP contribution in [0, 0.1) is 5.41 Å². The van der Waals surface area contributed by atoms with Gasteiger partial charge >= 0.3 is 5.97 Å². The molecule has 0 radical (unpaired) electrons. The van der Waals surface area contributed by atoms with Gasteiger partial charge in [0.1, 0.15) is 5.41 Å². The summed E-state index contributed by atoms with van der Waals surface area (Å²) in [5.74, 6) is -1.03. The maximum absolute atomic E-state index is 12.2. The van der Waals surface area contributed by atoms with Crippen LogP contribution >= 0.6 is 0 Å². The standard InChI is InChI=1S/C13H22O5S/c1-5-17-12(15)13(3,4)11(14)8-19(16)10-6-7-18-9(10)2/h9-10H,5-8H2,1-4H3. The maximum Gasteiger partial charge on any atom is 0.319 e. The van der Waals surface area contributed by atoms with Crippen molar-refractivity contribution < 1.29 is 23.3 Å². The number of hydrogen-bond donors (Lipinski definition) is 0. The molecule has 3 atom stereocenters. The average Bonchev–Trinajstić information content (AvgIpc) is 2.75. The molecule has 1 fully saturated rings. The minimum atomic E-state index is -1.30. The fourth-order valence-electron chi connectivity index (χ4n) is 1.90. The van der Waals surface area contributed by atoms with Crippen LogP contribution in [-0.4, -0.2) is 46.3 Å². The second kappa shape index (κ2) is 6.61. The third kappa shape index (κ3) is 3.86. The lowest BCUT2D eigenvalue weighted by atomic mass is 9.89. The Balaban J connectivity index is 2.63. The Bertz CT molecular complexity index is 377. The van der Waals surface area contributed by atoms with Crippen LogP contribution in [-0.2, 0) is 29.9 Å². The fourth-order valence-corrected chi connectivity index (χ4v) is 3.60. The molecule has 0 saturated carbocycles. The molecule has 0 aliphatic carbocycles. The zero-order valence-electron chi connectivity index (χ0n) is 11.9. The number of Topliss-reactive ketones (excluding diaryl/α,β-unsaturated/α-hetero) is 1. The Morgan fingerprint density at radius 1 is 1.42 bits per heavy atom. The third-order valence-electron chi connectivity index (χ3n) is 3.40. The van der Waals surface area contributed by atoms with Gasteiger partial charge in [-0.15, -0.1) is 0 Å². The molecule has 0 amide bonds. The van der Waals surface area contributed by atoms with Crippen LogP contribution in [0.2, 0.25) is 0 Å². The summed E-state index contributed by atoms with van der Waals surface area (Å²) in [4.78, 5) is 23.8. The molecule has 0 aromatic rings. The van der Waals surface area contributed by atoms with E-state index >= 15 is 0 Å². The predicted molar refractivity (Wildman–Crippen MR) is 72.2 cm³/mol. The van der Waals surface area contributed by atoms with E-state index in [2.05, 4.69) is 0 Å². The molecule has 110 valence electrons. The summed E-state index contributed by atoms with van der Waals surface area (Å²) >= 11 is 0. The molecule has 0 bridgehead atoms. The molecule has 1 aliphatic heterocycles. The quantitative estimate of drug-likeness (QED) is 0.540. The van der Waals surface area contributed by atoms with Gasteiger partial charge in [-0.2, -0.15) is 0 Å². The van der Waals surface area contributed by atoms with Crippen LogP contribution < -0.4 is 0 Å². The number of carbonyl (C=O) groups excluding carboxylic acids is 2. The Labute approximate surface area is 116 Å². The van der Waals surface area contributed by atoms with Crippen LogP contribution in [0.1, 0.15) is 34.1 Å². The molecule has 1 heterocycles. The molecule has 0 aromatic heterocycles. The molecule has 0 spiro atoms. The van der Waals surface area contributed by atoms with Crippen LogP contribution in [0.3, 0.4) is 0 Å². The lowest BCUT2D eigenvalue weighted by molar-refractivity contribution is -0.157. The van der Waals surface area contributed by atoms with Crippen molar-refractivity contribution in [1.82, 2.24) is 0 Å². The van der Waals surface area contributed by atoms with E-state index in [-0.39, 0.29) is 29.5 Å². The van der Waals surface area contributed by atoms with Gasteiger partial charge in [0.15, 0.2) is 5.78 Å². The minimum Gasteiger partial charge on any atom is -0.465 e. The van der Waals surface area contributed by atoms with Crippen molar-refractivity contribution in [2.75, 3.05) is 19.0 Å². The summed E-state index contributed by atoms with van der Waals surface area (Å²) in [6, 6.07) is 0. The Hall–Kier alpha value is -0.750. The van der Waals surface area contributed by atoms with Gasteiger partial charge in [0.25, 0.3) is 0 Å². The van der Waals surface area contributed by atoms with Crippen molar-refractivity contribution in [2.45, 2.75) is 45.5 Å². The summed E-state index contributed by atoms with van der Waals surface area (Å²) in [7, 11) is -1.30. The molecular weight excluding hydrogens is 268 g/mol. The molecule has 3 unspecified atom stereocenters. The highest BCUT2D eigenvalue weighted by Crippen LogP contribution is 2.23. The Kier molecular flexibility index (Phi) is 5.67. The van der Waals surface area contributed by atoms with E-state index in [1.807, 2.05) is 6.92 Å². The summed E-state index contributed by atoms with van der Waals surface area (Å²) in [6.07, 6.45) is 0.597. The molecule has 1 rings (SSSR count). The average molecular weight is 290 g/mol. The number of carbonyl (C=O) groups is 2. The van der Waals surface area contributed by atoms with E-state index in [9.17, 15) is 13.8 Å². The van der Waals surface area contributed by atoms with E-state index < -0.39 is 22.2 Å². The smallest absolute Gasteiger partial charge is 0.319 e. The second-order valence-corrected chi connectivity index (χ2v) is 6.85. The van der Waals surface area contributed by atoms with Gasteiger partial charge in [-0.3, -0.25) is 13.8 Å². The number of hydrogen-bond acceptors (Lipinski definition) is 5. The fraction of sp³-hybridized carbons (Fsp3) is 0.846. The van der Waals surface area contributed by atoms with Crippen LogP contribution in [0.4, 0.5) is 0 Å². The van der Waals surface area contributed by atoms with Gasteiger partial charge in [0.05, 0.1) is 23.7 Å². The zero-order chi connectivity index (χ0) is 14.6. The van der Waals surface area contributed by atoms with Gasteiger partial charge in [-0.25, -0.2) is 0 Å². The number of rotatable bonds is 6. The van der Waals surface area contributed by atoms with E-state index in [4.69, 9.17) is 9.47 Å². The van der Waals surface area contributed by atoms with Gasteiger partial charge in [-0.1, -0.05) is 0 Å².